The Morgan fingerprint density at radius 2 is 2.08 bits per heavy atom. The molecule has 138 valence electrons. The summed E-state index contributed by atoms with van der Waals surface area (Å²) in [5.41, 5.74) is 1.57. The molecule has 2 aromatic rings. The number of benzene rings is 2. The van der Waals surface area contributed by atoms with Crippen molar-refractivity contribution >= 4 is 16.7 Å². The number of allylic oxidation sites excluding steroid dienone is 1. The third-order valence-corrected chi connectivity index (χ3v) is 5.23. The molecule has 0 aromatic heterocycles. The summed E-state index contributed by atoms with van der Waals surface area (Å²) in [5, 5.41) is 5.46. The summed E-state index contributed by atoms with van der Waals surface area (Å²) in [6.07, 6.45) is 3.12. The number of carbonyl (C=O) groups is 1. The molecule has 1 saturated heterocycles. The molecule has 0 saturated carbocycles. The monoisotopic (exact) mass is 355 g/mol. The molecule has 0 amide bonds. The van der Waals surface area contributed by atoms with Gasteiger partial charge in [0.05, 0.1) is 14.2 Å². The van der Waals surface area contributed by atoms with Crippen molar-refractivity contribution in [2.75, 3.05) is 27.9 Å². The summed E-state index contributed by atoms with van der Waals surface area (Å²) in [6.45, 7) is 4.42. The van der Waals surface area contributed by atoms with Gasteiger partial charge in [-0.1, -0.05) is 24.3 Å². The Balaban J connectivity index is 2.08. The van der Waals surface area contributed by atoms with E-state index in [9.17, 15) is 4.79 Å². The minimum absolute atomic E-state index is 0.265. The molecule has 0 radical (unpaired) electrons. The topological polar surface area (TPSA) is 56.8 Å². The minimum Gasteiger partial charge on any atom is -0.496 e. The molecule has 5 heteroatoms. The molecule has 26 heavy (non-hydrogen) atoms. The van der Waals surface area contributed by atoms with Gasteiger partial charge in [0.2, 0.25) is 0 Å². The maximum absolute atomic E-state index is 11.9. The largest absolute Gasteiger partial charge is 0.496 e. The molecule has 0 unspecified atom stereocenters. The van der Waals surface area contributed by atoms with E-state index < -0.39 is 5.60 Å². The number of methoxy groups -OCH3 is 3. The van der Waals surface area contributed by atoms with Crippen LogP contribution in [0, 0.1) is 0 Å². The van der Waals surface area contributed by atoms with E-state index in [1.54, 1.807) is 14.2 Å². The van der Waals surface area contributed by atoms with Crippen molar-refractivity contribution < 1.29 is 19.0 Å². The fourth-order valence-corrected chi connectivity index (χ4v) is 3.76. The molecule has 0 bridgehead atoms. The highest BCUT2D eigenvalue weighted by molar-refractivity contribution is 5.89. The predicted molar refractivity (Wildman–Crippen MR) is 102 cm³/mol. The number of fused-ring (bicyclic) bond motifs is 1. The van der Waals surface area contributed by atoms with Crippen LogP contribution < -0.4 is 10.1 Å². The molecular weight excluding hydrogens is 330 g/mol. The first kappa shape index (κ1) is 18.4. The highest BCUT2D eigenvalue weighted by Crippen LogP contribution is 2.38. The highest BCUT2D eigenvalue weighted by atomic mass is 16.5. The third-order valence-electron chi connectivity index (χ3n) is 5.23. The lowest BCUT2D eigenvalue weighted by Crippen LogP contribution is -2.31. The van der Waals surface area contributed by atoms with Gasteiger partial charge in [-0.05, 0) is 34.9 Å². The number of ether oxygens (including phenoxy) is 3. The maximum Gasteiger partial charge on any atom is 0.322 e. The molecule has 2 atom stereocenters. The van der Waals surface area contributed by atoms with Crippen LogP contribution in [-0.4, -0.2) is 39.9 Å². The Morgan fingerprint density at radius 1 is 1.31 bits per heavy atom. The van der Waals surface area contributed by atoms with Gasteiger partial charge < -0.3 is 19.5 Å². The number of hydrogen-bond donors (Lipinski definition) is 1. The average Bonchev–Trinajstić information content (AvgIpc) is 3.13. The van der Waals surface area contributed by atoms with Crippen LogP contribution in [0.25, 0.3) is 10.8 Å². The molecule has 5 nitrogen and oxygen atoms in total. The zero-order chi connectivity index (χ0) is 18.7. The summed E-state index contributed by atoms with van der Waals surface area (Å²) in [6, 6.07) is 9.96. The molecular formula is C21H25NO4. The normalized spacial score (nSPS) is 22.3. The first-order valence-electron chi connectivity index (χ1n) is 8.66. The number of nitrogens with one attached hydrogen (secondary N) is 1. The van der Waals surface area contributed by atoms with Crippen molar-refractivity contribution in [3.8, 4) is 5.75 Å². The van der Waals surface area contributed by atoms with E-state index >= 15 is 0 Å². The lowest BCUT2D eigenvalue weighted by molar-refractivity contribution is -0.143. The van der Waals surface area contributed by atoms with Crippen LogP contribution in [0.1, 0.15) is 17.5 Å². The van der Waals surface area contributed by atoms with Crippen LogP contribution in [0.4, 0.5) is 0 Å². The van der Waals surface area contributed by atoms with E-state index in [0.717, 1.165) is 27.6 Å². The Morgan fingerprint density at radius 3 is 2.73 bits per heavy atom. The second-order valence-electron chi connectivity index (χ2n) is 6.53. The van der Waals surface area contributed by atoms with Crippen molar-refractivity contribution in [3.63, 3.8) is 0 Å². The number of carbonyl (C=O) groups excluding carboxylic acids is 1. The first-order chi connectivity index (χ1) is 12.6. The lowest BCUT2D eigenvalue weighted by Gasteiger charge is -2.28. The third kappa shape index (κ3) is 3.08. The predicted octanol–water partition coefficient (Wildman–Crippen LogP) is 2.95. The number of rotatable bonds is 6. The van der Waals surface area contributed by atoms with Gasteiger partial charge in [0.25, 0.3) is 0 Å². The van der Waals surface area contributed by atoms with Crippen molar-refractivity contribution in [2.45, 2.75) is 24.5 Å². The summed E-state index contributed by atoms with van der Waals surface area (Å²) in [7, 11) is 4.76. The molecule has 1 aliphatic rings. The fraction of sp³-hybridized carbons (Fsp3) is 0.381. The molecule has 1 fully saturated rings. The molecule has 1 aliphatic heterocycles. The lowest BCUT2D eigenvalue weighted by atomic mass is 9.88. The van der Waals surface area contributed by atoms with E-state index in [1.807, 2.05) is 18.2 Å². The van der Waals surface area contributed by atoms with Crippen molar-refractivity contribution in [2.24, 2.45) is 0 Å². The van der Waals surface area contributed by atoms with Crippen LogP contribution in [0.5, 0.6) is 5.75 Å². The van der Waals surface area contributed by atoms with E-state index in [0.29, 0.717) is 19.4 Å². The molecule has 2 aromatic carbocycles. The van der Waals surface area contributed by atoms with Crippen molar-refractivity contribution in [1.29, 1.82) is 0 Å². The Bertz CT molecular complexity index is 832. The van der Waals surface area contributed by atoms with Crippen LogP contribution in [0.2, 0.25) is 0 Å². The van der Waals surface area contributed by atoms with E-state index in [1.165, 1.54) is 7.11 Å². The average molecular weight is 355 g/mol. The van der Waals surface area contributed by atoms with Crippen LogP contribution >= 0.6 is 0 Å². The van der Waals surface area contributed by atoms with Crippen LogP contribution in [-0.2, 0) is 26.3 Å². The van der Waals surface area contributed by atoms with Crippen molar-refractivity contribution in [3.05, 3.63) is 54.1 Å². The summed E-state index contributed by atoms with van der Waals surface area (Å²) in [5.74, 6) is 0.580. The highest BCUT2D eigenvalue weighted by Gasteiger charge is 2.44. The molecule has 0 spiro atoms. The van der Waals surface area contributed by atoms with Gasteiger partial charge in [-0.15, -0.1) is 6.58 Å². The summed E-state index contributed by atoms with van der Waals surface area (Å²) < 4.78 is 16.3. The van der Waals surface area contributed by atoms with Gasteiger partial charge >= 0.3 is 5.97 Å². The second kappa shape index (κ2) is 7.48. The quantitative estimate of drug-likeness (QED) is 0.638. The Labute approximate surface area is 153 Å². The van der Waals surface area contributed by atoms with E-state index in [4.69, 9.17) is 14.2 Å². The number of esters is 1. The fourth-order valence-electron chi connectivity index (χ4n) is 3.76. The summed E-state index contributed by atoms with van der Waals surface area (Å²) in [4.78, 5) is 11.9. The van der Waals surface area contributed by atoms with Gasteiger partial charge in [-0.25, -0.2) is 0 Å². The smallest absolute Gasteiger partial charge is 0.322 e. The van der Waals surface area contributed by atoms with Gasteiger partial charge in [0.1, 0.15) is 17.4 Å². The standard InChI is InChI=1S/C21H25NO4/c1-5-6-16-17-11-15(9-7-14(17)8-10-19(16)24-2)21(26-4)12-18(22-13-21)20(23)25-3/h5,7-11,18,22H,1,6,12-13H2,2-4H3/t18-,21-/m0/s1. The van der Waals surface area contributed by atoms with Gasteiger partial charge in [0.15, 0.2) is 0 Å². The van der Waals surface area contributed by atoms with Crippen molar-refractivity contribution in [1.82, 2.24) is 5.32 Å². The molecule has 1 N–H and O–H groups in total. The molecule has 3 rings (SSSR count). The van der Waals surface area contributed by atoms with Gasteiger partial charge in [-0.3, -0.25) is 4.79 Å². The van der Waals surface area contributed by atoms with E-state index in [-0.39, 0.29) is 12.0 Å². The number of hydrogen-bond acceptors (Lipinski definition) is 5. The zero-order valence-corrected chi connectivity index (χ0v) is 15.5. The van der Waals surface area contributed by atoms with Gasteiger partial charge in [0, 0.05) is 25.6 Å². The summed E-state index contributed by atoms with van der Waals surface area (Å²) >= 11 is 0. The van der Waals surface area contributed by atoms with E-state index in [2.05, 4.69) is 30.1 Å². The SMILES string of the molecule is C=CCc1c(OC)ccc2ccc([C@@]3(OC)CN[C@H](C(=O)OC)C3)cc12. The second-order valence-corrected chi connectivity index (χ2v) is 6.53. The van der Waals surface area contributed by atoms with Crippen LogP contribution in [0.3, 0.4) is 0 Å². The van der Waals surface area contributed by atoms with Crippen LogP contribution in [0.15, 0.2) is 43.0 Å². The first-order valence-corrected chi connectivity index (χ1v) is 8.66. The minimum atomic E-state index is -0.568. The zero-order valence-electron chi connectivity index (χ0n) is 15.5. The molecule has 1 heterocycles. The Hall–Kier alpha value is -2.37. The maximum atomic E-state index is 11.9. The Kier molecular flexibility index (Phi) is 5.30. The molecule has 0 aliphatic carbocycles. The van der Waals surface area contributed by atoms with Gasteiger partial charge in [-0.2, -0.15) is 0 Å².